The molecule has 92 valence electrons. The summed E-state index contributed by atoms with van der Waals surface area (Å²) in [5.74, 6) is -1.29. The molecule has 0 radical (unpaired) electrons. The molecule has 0 aliphatic carbocycles. The van der Waals surface area contributed by atoms with Crippen molar-refractivity contribution < 1.29 is 9.90 Å². The highest BCUT2D eigenvalue weighted by atomic mass is 16.4. The van der Waals surface area contributed by atoms with Crippen LogP contribution in [-0.4, -0.2) is 21.8 Å². The molecular formula is C13H13N3O2. The molecule has 0 fully saturated rings. The summed E-state index contributed by atoms with van der Waals surface area (Å²) in [6.45, 7) is 1.60. The molecule has 0 bridgehead atoms. The summed E-state index contributed by atoms with van der Waals surface area (Å²) in [5, 5.41) is 17.5. The van der Waals surface area contributed by atoms with Gasteiger partial charge in [-0.25, -0.2) is 4.79 Å². The van der Waals surface area contributed by atoms with Crippen molar-refractivity contribution in [2.45, 2.75) is 6.92 Å². The van der Waals surface area contributed by atoms with Crippen LogP contribution < -0.4 is 5.73 Å². The Labute approximate surface area is 103 Å². The van der Waals surface area contributed by atoms with E-state index in [1.807, 2.05) is 12.1 Å². The third-order valence-electron chi connectivity index (χ3n) is 2.72. The summed E-state index contributed by atoms with van der Waals surface area (Å²) < 4.78 is 0. The fourth-order valence-electron chi connectivity index (χ4n) is 1.95. The van der Waals surface area contributed by atoms with Crippen LogP contribution in [0.1, 0.15) is 12.5 Å². The first-order chi connectivity index (χ1) is 8.52. The van der Waals surface area contributed by atoms with Gasteiger partial charge in [-0.15, -0.1) is 0 Å². The van der Waals surface area contributed by atoms with Crippen molar-refractivity contribution in [3.8, 4) is 0 Å². The van der Waals surface area contributed by atoms with E-state index in [1.165, 1.54) is 0 Å². The van der Waals surface area contributed by atoms with Crippen LogP contribution in [0.3, 0.4) is 0 Å². The molecule has 5 N–H and O–H groups in total. The summed E-state index contributed by atoms with van der Waals surface area (Å²) >= 11 is 0. The van der Waals surface area contributed by atoms with Gasteiger partial charge in [0.2, 0.25) is 0 Å². The number of benzene rings is 1. The van der Waals surface area contributed by atoms with Crippen LogP contribution in [0.2, 0.25) is 0 Å². The molecular weight excluding hydrogens is 230 g/mol. The maximum atomic E-state index is 11.0. The average Bonchev–Trinajstić information content (AvgIpc) is 2.77. The summed E-state index contributed by atoms with van der Waals surface area (Å²) in [4.78, 5) is 14.0. The van der Waals surface area contributed by atoms with E-state index in [9.17, 15) is 4.79 Å². The number of carbonyl (C=O) groups is 1. The van der Waals surface area contributed by atoms with Crippen LogP contribution in [-0.2, 0) is 4.79 Å². The first-order valence-electron chi connectivity index (χ1n) is 5.37. The fourth-order valence-corrected chi connectivity index (χ4v) is 1.95. The lowest BCUT2D eigenvalue weighted by atomic mass is 9.96. The highest BCUT2D eigenvalue weighted by Crippen LogP contribution is 2.26. The minimum atomic E-state index is -1.29. The Kier molecular flexibility index (Phi) is 2.89. The largest absolute Gasteiger partial charge is 0.477 e. The number of aromatic amines is 1. The predicted molar refractivity (Wildman–Crippen MR) is 70.4 cm³/mol. The maximum Gasteiger partial charge on any atom is 0.354 e. The molecule has 2 rings (SSSR count). The second kappa shape index (κ2) is 4.37. The SMILES string of the molecule is CC(N)=C(C(=N)C(=O)O)c1cccc2[nH]ccc12. The van der Waals surface area contributed by atoms with Crippen molar-refractivity contribution in [3.63, 3.8) is 0 Å². The lowest BCUT2D eigenvalue weighted by Gasteiger charge is -2.10. The van der Waals surface area contributed by atoms with Crippen LogP contribution in [0.25, 0.3) is 16.5 Å². The molecule has 1 aromatic heterocycles. The van der Waals surface area contributed by atoms with Crippen LogP contribution in [0.5, 0.6) is 0 Å². The molecule has 0 saturated carbocycles. The zero-order valence-electron chi connectivity index (χ0n) is 9.82. The number of nitrogens with two attached hydrogens (primary N) is 1. The number of fused-ring (bicyclic) bond motifs is 1. The van der Waals surface area contributed by atoms with E-state index in [1.54, 1.807) is 25.3 Å². The summed E-state index contributed by atoms with van der Waals surface area (Å²) in [6.07, 6.45) is 1.77. The predicted octanol–water partition coefficient (Wildman–Crippen LogP) is 1.96. The molecule has 0 unspecified atom stereocenters. The molecule has 0 saturated heterocycles. The summed E-state index contributed by atoms with van der Waals surface area (Å²) in [5.41, 5.74) is 7.34. The molecule has 5 nitrogen and oxygen atoms in total. The zero-order valence-corrected chi connectivity index (χ0v) is 9.82. The Bertz CT molecular complexity index is 664. The minimum absolute atomic E-state index is 0.257. The van der Waals surface area contributed by atoms with Gasteiger partial charge in [-0.2, -0.15) is 0 Å². The van der Waals surface area contributed by atoms with Crippen molar-refractivity contribution in [1.82, 2.24) is 4.98 Å². The van der Waals surface area contributed by atoms with Gasteiger partial charge in [0.1, 0.15) is 5.71 Å². The second-order valence-corrected chi connectivity index (χ2v) is 3.98. The number of aliphatic carboxylic acids is 1. The first kappa shape index (κ1) is 11.9. The Morgan fingerprint density at radius 1 is 1.39 bits per heavy atom. The maximum absolute atomic E-state index is 11.0. The van der Waals surface area contributed by atoms with Gasteiger partial charge in [0, 0.05) is 28.4 Å². The van der Waals surface area contributed by atoms with Gasteiger partial charge >= 0.3 is 5.97 Å². The third-order valence-corrected chi connectivity index (χ3v) is 2.72. The molecule has 0 aliphatic rings. The number of carboxylic acid groups (broad SMARTS) is 1. The van der Waals surface area contributed by atoms with Gasteiger partial charge in [0.25, 0.3) is 0 Å². The number of nitrogens with one attached hydrogen (secondary N) is 2. The molecule has 2 aromatic rings. The van der Waals surface area contributed by atoms with Gasteiger partial charge in [0.15, 0.2) is 0 Å². The smallest absolute Gasteiger partial charge is 0.354 e. The van der Waals surface area contributed by atoms with Gasteiger partial charge in [-0.3, -0.25) is 5.41 Å². The van der Waals surface area contributed by atoms with Gasteiger partial charge in [-0.05, 0) is 24.6 Å². The summed E-state index contributed by atoms with van der Waals surface area (Å²) in [6, 6.07) is 7.28. The van der Waals surface area contributed by atoms with Crippen LogP contribution >= 0.6 is 0 Å². The number of hydrogen-bond donors (Lipinski definition) is 4. The van der Waals surface area contributed by atoms with Crippen LogP contribution in [0, 0.1) is 5.41 Å². The van der Waals surface area contributed by atoms with Crippen molar-refractivity contribution in [3.05, 3.63) is 41.7 Å². The standard InChI is InChI=1S/C13H13N3O2/c1-7(14)11(12(15)13(17)18)9-3-2-4-10-8(9)5-6-16-10/h2-6,15-16H,14H2,1H3,(H,17,18). The van der Waals surface area contributed by atoms with E-state index >= 15 is 0 Å². The number of hydrogen-bond acceptors (Lipinski definition) is 3. The normalized spacial score (nSPS) is 12.3. The fraction of sp³-hybridized carbons (Fsp3) is 0.0769. The van der Waals surface area contributed by atoms with Crippen molar-refractivity contribution >= 4 is 28.2 Å². The van der Waals surface area contributed by atoms with Crippen LogP contribution in [0.4, 0.5) is 0 Å². The molecule has 0 aliphatic heterocycles. The van der Waals surface area contributed by atoms with Gasteiger partial charge < -0.3 is 15.8 Å². The van der Waals surface area contributed by atoms with Gasteiger partial charge in [-0.1, -0.05) is 12.1 Å². The number of carboxylic acids is 1. The molecule has 0 spiro atoms. The van der Waals surface area contributed by atoms with E-state index in [4.69, 9.17) is 16.2 Å². The number of rotatable bonds is 3. The lowest BCUT2D eigenvalue weighted by Crippen LogP contribution is -2.17. The Morgan fingerprint density at radius 2 is 2.11 bits per heavy atom. The van der Waals surface area contributed by atoms with Gasteiger partial charge in [0.05, 0.1) is 0 Å². The first-order valence-corrected chi connectivity index (χ1v) is 5.37. The van der Waals surface area contributed by atoms with E-state index < -0.39 is 11.7 Å². The molecule has 0 amide bonds. The highest BCUT2D eigenvalue weighted by molar-refractivity contribution is 6.53. The molecule has 5 heteroatoms. The topological polar surface area (TPSA) is 103 Å². The van der Waals surface area contributed by atoms with E-state index in [2.05, 4.69) is 4.98 Å². The minimum Gasteiger partial charge on any atom is -0.477 e. The van der Waals surface area contributed by atoms with Crippen molar-refractivity contribution in [2.24, 2.45) is 5.73 Å². The Balaban J connectivity index is 2.71. The average molecular weight is 243 g/mol. The van der Waals surface area contributed by atoms with E-state index in [0.29, 0.717) is 11.3 Å². The zero-order chi connectivity index (χ0) is 13.3. The Morgan fingerprint density at radius 3 is 2.72 bits per heavy atom. The summed E-state index contributed by atoms with van der Waals surface area (Å²) in [7, 11) is 0. The number of aromatic nitrogens is 1. The Hall–Kier alpha value is -2.56. The third kappa shape index (κ3) is 1.86. The molecule has 1 heterocycles. The molecule has 18 heavy (non-hydrogen) atoms. The monoisotopic (exact) mass is 243 g/mol. The molecule has 0 atom stereocenters. The quantitative estimate of drug-likeness (QED) is 0.619. The molecule has 1 aromatic carbocycles. The van der Waals surface area contributed by atoms with E-state index in [0.717, 1.165) is 10.9 Å². The lowest BCUT2D eigenvalue weighted by molar-refractivity contribution is -0.129. The van der Waals surface area contributed by atoms with E-state index in [-0.39, 0.29) is 5.57 Å². The number of H-pyrrole nitrogens is 1. The second-order valence-electron chi connectivity index (χ2n) is 3.98. The highest BCUT2D eigenvalue weighted by Gasteiger charge is 2.19. The number of allylic oxidation sites excluding steroid dienone is 1. The van der Waals surface area contributed by atoms with Crippen LogP contribution in [0.15, 0.2) is 36.2 Å². The van der Waals surface area contributed by atoms with Crippen molar-refractivity contribution in [2.75, 3.05) is 0 Å². The van der Waals surface area contributed by atoms with Crippen molar-refractivity contribution in [1.29, 1.82) is 5.41 Å².